The normalized spacial score (nSPS) is 16.8. The third-order valence-electron chi connectivity index (χ3n) is 3.44. The van der Waals surface area contributed by atoms with Gasteiger partial charge < -0.3 is 0 Å². The molecule has 0 aliphatic heterocycles. The molecule has 74 valence electrons. The molecule has 1 atom stereocenters. The van der Waals surface area contributed by atoms with Crippen molar-refractivity contribution >= 4 is 17.7 Å². The van der Waals surface area contributed by atoms with Crippen molar-refractivity contribution in [1.29, 1.82) is 0 Å². The third kappa shape index (κ3) is 1.26. The second-order valence-electron chi connectivity index (χ2n) is 4.23. The van der Waals surface area contributed by atoms with Crippen LogP contribution in [0.2, 0.25) is 0 Å². The molecule has 1 unspecified atom stereocenters. The van der Waals surface area contributed by atoms with Crippen LogP contribution in [0.5, 0.6) is 5.75 Å². The Labute approximate surface area is 105 Å². The molecule has 1 aliphatic carbocycles. The molecule has 0 saturated carbocycles. The number of hydrogen-bond donors (Lipinski definition) is 0. The van der Waals surface area contributed by atoms with Crippen LogP contribution in [0.25, 0.3) is 11.1 Å². The second-order valence-corrected chi connectivity index (χ2v) is 4.23. The first-order chi connectivity index (χ1) is 7.83. The zero-order valence-electron chi connectivity index (χ0n) is 9.53. The number of methoxy groups -OCH3 is 1. The minimum absolute atomic E-state index is 0.473. The van der Waals surface area contributed by atoms with Gasteiger partial charge in [-0.1, -0.05) is 0 Å². The van der Waals surface area contributed by atoms with Crippen molar-refractivity contribution in [3.63, 3.8) is 0 Å². The average molecular weight is 202 g/mol. The summed E-state index contributed by atoms with van der Waals surface area (Å²) < 4.78 is 5.94. The number of ether oxygens (including phenoxy) is 1. The van der Waals surface area contributed by atoms with Crippen LogP contribution >= 0.6 is 0 Å². The quantitative estimate of drug-likeness (QED) is 0.646. The molecule has 2 aromatic rings. The Balaban J connectivity index is 2.35. The summed E-state index contributed by atoms with van der Waals surface area (Å²) in [6.07, 6.45) is 0. The van der Waals surface area contributed by atoms with E-state index in [0.717, 1.165) is 5.75 Å². The number of benzene rings is 2. The zero-order valence-corrected chi connectivity index (χ0v) is 9.53. The van der Waals surface area contributed by atoms with Crippen LogP contribution < -0.4 is 4.74 Å². The monoisotopic (exact) mass is 202 g/mol. The van der Waals surface area contributed by atoms with E-state index >= 15 is 0 Å². The number of hydrogen-bond acceptors (Lipinski definition) is 1. The Morgan fingerprint density at radius 2 is 1.75 bits per heavy atom. The van der Waals surface area contributed by atoms with Crippen molar-refractivity contribution in [2.24, 2.45) is 0 Å². The Hall–Kier alpha value is -1.16. The van der Waals surface area contributed by atoms with E-state index in [-0.39, 0.29) is 0 Å². The minimum atomic E-state index is 0.473. The van der Waals surface area contributed by atoms with E-state index in [1.165, 1.54) is 22.3 Å². The summed E-state index contributed by atoms with van der Waals surface area (Å²) in [5.74, 6) is 0.981. The first-order valence-corrected chi connectivity index (χ1v) is 5.59. The first kappa shape index (κ1) is 10.0. The molecule has 0 saturated heterocycles. The van der Waals surface area contributed by atoms with Crippen molar-refractivity contribution in [2.45, 2.75) is 4.59 Å². The molecule has 0 spiro atoms. The molecular formula is C14H11LiO. The zero-order chi connectivity index (χ0) is 11.1. The fourth-order valence-corrected chi connectivity index (χ4v) is 2.64. The van der Waals surface area contributed by atoms with E-state index in [9.17, 15) is 0 Å². The van der Waals surface area contributed by atoms with Crippen LogP contribution in [0, 0.1) is 0 Å². The summed E-state index contributed by atoms with van der Waals surface area (Å²) >= 11 is 2.25. The van der Waals surface area contributed by atoms with E-state index < -0.39 is 0 Å². The van der Waals surface area contributed by atoms with Gasteiger partial charge in [-0.15, -0.1) is 0 Å². The molecule has 0 fully saturated rings. The van der Waals surface area contributed by atoms with Gasteiger partial charge in [0, 0.05) is 0 Å². The van der Waals surface area contributed by atoms with Crippen LogP contribution in [-0.4, -0.2) is 24.8 Å². The molecule has 0 N–H and O–H groups in total. The molecule has 0 heterocycles. The molecule has 0 aromatic heterocycles. The van der Waals surface area contributed by atoms with Gasteiger partial charge in [0.1, 0.15) is 0 Å². The molecule has 0 bridgehead atoms. The summed E-state index contributed by atoms with van der Waals surface area (Å²) in [5, 5.41) is 0. The van der Waals surface area contributed by atoms with Gasteiger partial charge in [0.05, 0.1) is 0 Å². The van der Waals surface area contributed by atoms with Gasteiger partial charge in [-0.05, 0) is 0 Å². The summed E-state index contributed by atoms with van der Waals surface area (Å²) in [5.41, 5.74) is 5.37. The molecule has 1 nitrogen and oxygen atoms in total. The van der Waals surface area contributed by atoms with E-state index in [0.29, 0.717) is 4.59 Å². The van der Waals surface area contributed by atoms with Crippen LogP contribution in [0.15, 0.2) is 42.5 Å². The standard InChI is InChI=1S/C14H11O.Li/c1-15-13-8-4-6-11-9-10-5-2-3-7-12(10)14(11)13;/h2-9H,1H3;. The molecule has 3 rings (SSSR count). The maximum atomic E-state index is 5.46. The van der Waals surface area contributed by atoms with E-state index in [4.69, 9.17) is 4.74 Å². The summed E-state index contributed by atoms with van der Waals surface area (Å²) in [7, 11) is 1.74. The van der Waals surface area contributed by atoms with Crippen LogP contribution in [-0.2, 0) is 0 Å². The molecule has 0 radical (unpaired) electrons. The van der Waals surface area contributed by atoms with E-state index in [2.05, 4.69) is 54.1 Å². The number of fused-ring (bicyclic) bond motifs is 3. The van der Waals surface area contributed by atoms with Crippen LogP contribution in [0.1, 0.15) is 15.7 Å². The summed E-state index contributed by atoms with van der Waals surface area (Å²) in [6.45, 7) is 0. The van der Waals surface area contributed by atoms with Gasteiger partial charge in [-0.25, -0.2) is 0 Å². The van der Waals surface area contributed by atoms with Crippen molar-refractivity contribution in [3.05, 3.63) is 53.6 Å². The van der Waals surface area contributed by atoms with Gasteiger partial charge in [0.2, 0.25) is 0 Å². The third-order valence-corrected chi connectivity index (χ3v) is 3.44. The molecule has 2 aromatic carbocycles. The molecule has 16 heavy (non-hydrogen) atoms. The van der Waals surface area contributed by atoms with Crippen LogP contribution in [0.4, 0.5) is 0 Å². The van der Waals surface area contributed by atoms with Gasteiger partial charge in [0.15, 0.2) is 0 Å². The first-order valence-electron chi connectivity index (χ1n) is 5.59. The van der Waals surface area contributed by atoms with E-state index in [1.807, 2.05) is 6.07 Å². The Kier molecular flexibility index (Phi) is 2.32. The SMILES string of the molecule is [Li][CH]1c2ccccc2-c2c(OC)cccc21. The predicted molar refractivity (Wildman–Crippen MR) is 66.0 cm³/mol. The van der Waals surface area contributed by atoms with Crippen molar-refractivity contribution in [2.75, 3.05) is 7.11 Å². The topological polar surface area (TPSA) is 9.23 Å². The van der Waals surface area contributed by atoms with Crippen LogP contribution in [0.3, 0.4) is 0 Å². The number of rotatable bonds is 1. The van der Waals surface area contributed by atoms with Gasteiger partial charge >= 0.3 is 105 Å². The fraction of sp³-hybridized carbons (Fsp3) is 0.143. The molecule has 1 aliphatic rings. The van der Waals surface area contributed by atoms with Crippen molar-refractivity contribution in [1.82, 2.24) is 0 Å². The van der Waals surface area contributed by atoms with Gasteiger partial charge in [-0.2, -0.15) is 0 Å². The van der Waals surface area contributed by atoms with Crippen molar-refractivity contribution < 1.29 is 4.74 Å². The average Bonchev–Trinajstić information content (AvgIpc) is 2.64. The van der Waals surface area contributed by atoms with Gasteiger partial charge in [-0.3, -0.25) is 0 Å². The van der Waals surface area contributed by atoms with Gasteiger partial charge in [0.25, 0.3) is 0 Å². The fourth-order valence-electron chi connectivity index (χ4n) is 2.64. The maximum absolute atomic E-state index is 5.46. The Morgan fingerprint density at radius 3 is 2.56 bits per heavy atom. The second kappa shape index (κ2) is 3.70. The Morgan fingerprint density at radius 1 is 1.00 bits per heavy atom. The Bertz CT molecular complexity index is 548. The van der Waals surface area contributed by atoms with E-state index in [1.54, 1.807) is 7.11 Å². The molecule has 0 amide bonds. The molecule has 2 heteroatoms. The summed E-state index contributed by atoms with van der Waals surface area (Å²) in [4.78, 5) is 0. The predicted octanol–water partition coefficient (Wildman–Crippen LogP) is 2.93. The summed E-state index contributed by atoms with van der Waals surface area (Å²) in [6, 6.07) is 14.9. The molecular weight excluding hydrogens is 191 g/mol. The van der Waals surface area contributed by atoms with Crippen molar-refractivity contribution in [3.8, 4) is 16.9 Å².